The highest BCUT2D eigenvalue weighted by Crippen LogP contribution is 2.49. The van der Waals surface area contributed by atoms with E-state index in [-0.39, 0.29) is 5.92 Å². The van der Waals surface area contributed by atoms with E-state index in [1.165, 1.54) is 54.5 Å². The third kappa shape index (κ3) is 3.75. The Bertz CT molecular complexity index is 876. The van der Waals surface area contributed by atoms with Crippen molar-refractivity contribution in [1.82, 2.24) is 0 Å². The zero-order valence-electron chi connectivity index (χ0n) is 17.8. The van der Waals surface area contributed by atoms with Crippen LogP contribution >= 0.6 is 0 Å². The number of aryl methyl sites for hydroxylation is 1. The fourth-order valence-corrected chi connectivity index (χ4v) is 6.34. The van der Waals surface area contributed by atoms with Crippen molar-refractivity contribution in [3.8, 4) is 5.75 Å². The van der Waals surface area contributed by atoms with Crippen LogP contribution in [0.3, 0.4) is 0 Å². The first kappa shape index (κ1) is 19.7. The largest absolute Gasteiger partial charge is 0.508 e. The third-order valence-corrected chi connectivity index (χ3v) is 7.99. The minimum absolute atomic E-state index is 0.239. The van der Waals surface area contributed by atoms with Gasteiger partial charge < -0.3 is 14.8 Å². The zero-order valence-corrected chi connectivity index (χ0v) is 17.8. The molecule has 3 nitrogen and oxygen atoms in total. The molecule has 1 N–H and O–H groups in total. The number of hydrogen-bond acceptors (Lipinski definition) is 3. The van der Waals surface area contributed by atoms with Crippen LogP contribution in [0, 0.1) is 17.8 Å². The predicted octanol–water partition coefficient (Wildman–Crippen LogP) is 5.69. The Hall–Kier alpha value is -2.29. The number of phenols is 1. The van der Waals surface area contributed by atoms with Crippen molar-refractivity contribution in [3.05, 3.63) is 59.2 Å². The fraction of sp³-hybridized carbons (Fsp3) is 0.519. The van der Waals surface area contributed by atoms with Crippen LogP contribution in [0.25, 0.3) is 0 Å². The van der Waals surface area contributed by atoms with Crippen LogP contribution in [-0.2, 0) is 11.2 Å². The van der Waals surface area contributed by atoms with E-state index in [1.54, 1.807) is 0 Å². The summed E-state index contributed by atoms with van der Waals surface area (Å²) in [5, 5.41) is 10.0. The average molecular weight is 404 g/mol. The summed E-state index contributed by atoms with van der Waals surface area (Å²) >= 11 is 0. The standard InChI is InChI=1S/C27H33NO2/c29-18-19-13-15-28(16-14-19)23-8-5-21(6-9-23)27-25(20-3-1-2-4-20)11-7-22-17-24(30)10-12-26(22)27/h5-6,8-10,12,17-20,25,27,30H,1-4,7,11,13-16H2/t25-,27+/m1/s1. The van der Waals surface area contributed by atoms with E-state index >= 15 is 0 Å². The molecule has 0 unspecified atom stereocenters. The van der Waals surface area contributed by atoms with Crippen molar-refractivity contribution in [1.29, 1.82) is 0 Å². The van der Waals surface area contributed by atoms with Gasteiger partial charge in [-0.25, -0.2) is 0 Å². The lowest BCUT2D eigenvalue weighted by Gasteiger charge is -2.38. The Balaban J connectivity index is 1.43. The van der Waals surface area contributed by atoms with E-state index < -0.39 is 0 Å². The highest BCUT2D eigenvalue weighted by atomic mass is 16.3. The van der Waals surface area contributed by atoms with Crippen LogP contribution in [-0.4, -0.2) is 24.5 Å². The summed E-state index contributed by atoms with van der Waals surface area (Å²) < 4.78 is 0. The van der Waals surface area contributed by atoms with Gasteiger partial charge in [-0.2, -0.15) is 0 Å². The van der Waals surface area contributed by atoms with Gasteiger partial charge in [-0.1, -0.05) is 43.9 Å². The number of carbonyl (C=O) groups excluding carboxylic acids is 1. The second kappa shape index (κ2) is 8.45. The summed E-state index contributed by atoms with van der Waals surface area (Å²) in [6.45, 7) is 1.94. The monoisotopic (exact) mass is 403 g/mol. The average Bonchev–Trinajstić information content (AvgIpc) is 3.33. The van der Waals surface area contributed by atoms with Gasteiger partial charge >= 0.3 is 0 Å². The van der Waals surface area contributed by atoms with Crippen molar-refractivity contribution >= 4 is 12.0 Å². The number of piperidine rings is 1. The number of rotatable bonds is 4. The molecule has 0 aromatic heterocycles. The van der Waals surface area contributed by atoms with Gasteiger partial charge in [0.25, 0.3) is 0 Å². The number of nitrogens with zero attached hydrogens (tertiary/aromatic N) is 1. The Morgan fingerprint density at radius 2 is 1.63 bits per heavy atom. The van der Waals surface area contributed by atoms with E-state index in [0.717, 1.165) is 44.6 Å². The Morgan fingerprint density at radius 1 is 0.900 bits per heavy atom. The Morgan fingerprint density at radius 3 is 2.33 bits per heavy atom. The van der Waals surface area contributed by atoms with Gasteiger partial charge in [-0.05, 0) is 78.5 Å². The first-order chi connectivity index (χ1) is 14.7. The van der Waals surface area contributed by atoms with Crippen LogP contribution in [0.4, 0.5) is 5.69 Å². The van der Waals surface area contributed by atoms with E-state index in [1.807, 2.05) is 12.1 Å². The molecule has 0 spiro atoms. The van der Waals surface area contributed by atoms with Gasteiger partial charge in [-0.15, -0.1) is 0 Å². The maximum atomic E-state index is 11.1. The number of anilines is 1. The molecule has 2 aromatic rings. The minimum atomic E-state index is 0.239. The number of aromatic hydroxyl groups is 1. The maximum absolute atomic E-state index is 11.1. The minimum Gasteiger partial charge on any atom is -0.508 e. The molecule has 1 aliphatic heterocycles. The molecule has 3 aliphatic rings. The van der Waals surface area contributed by atoms with Crippen molar-refractivity contribution in [3.63, 3.8) is 0 Å². The smallest absolute Gasteiger partial charge is 0.123 e. The molecule has 0 amide bonds. The van der Waals surface area contributed by atoms with Crippen molar-refractivity contribution in [2.75, 3.05) is 18.0 Å². The van der Waals surface area contributed by atoms with E-state index in [9.17, 15) is 9.90 Å². The topological polar surface area (TPSA) is 40.5 Å². The molecule has 30 heavy (non-hydrogen) atoms. The molecule has 2 atom stereocenters. The number of fused-ring (bicyclic) bond motifs is 1. The maximum Gasteiger partial charge on any atom is 0.123 e. The summed E-state index contributed by atoms with van der Waals surface area (Å²) in [6, 6.07) is 15.3. The molecule has 1 saturated carbocycles. The molecule has 0 bridgehead atoms. The fourth-order valence-electron chi connectivity index (χ4n) is 6.34. The number of aldehydes is 1. The first-order valence-corrected chi connectivity index (χ1v) is 11.8. The molecule has 0 radical (unpaired) electrons. The lowest BCUT2D eigenvalue weighted by molar-refractivity contribution is -0.111. The summed E-state index contributed by atoms with van der Waals surface area (Å²) in [5.41, 5.74) is 5.46. The zero-order chi connectivity index (χ0) is 20.5. The molecule has 5 rings (SSSR count). The van der Waals surface area contributed by atoms with Gasteiger partial charge in [0.2, 0.25) is 0 Å². The Labute approximate surface area is 180 Å². The van der Waals surface area contributed by atoms with Crippen molar-refractivity contribution in [2.45, 2.75) is 57.3 Å². The van der Waals surface area contributed by atoms with Gasteiger partial charge in [0.1, 0.15) is 12.0 Å². The molecule has 2 aromatic carbocycles. The number of benzene rings is 2. The molecular weight excluding hydrogens is 370 g/mol. The van der Waals surface area contributed by atoms with E-state index in [0.29, 0.717) is 17.6 Å². The van der Waals surface area contributed by atoms with Gasteiger partial charge in [0, 0.05) is 30.6 Å². The summed E-state index contributed by atoms with van der Waals surface area (Å²) in [6.07, 6.45) is 10.9. The Kier molecular flexibility index (Phi) is 5.54. The molecular formula is C27H33NO2. The molecule has 2 fully saturated rings. The van der Waals surface area contributed by atoms with Crippen LogP contribution in [0.1, 0.15) is 67.6 Å². The quantitative estimate of drug-likeness (QED) is 0.667. The van der Waals surface area contributed by atoms with Crippen LogP contribution in [0.2, 0.25) is 0 Å². The van der Waals surface area contributed by atoms with Gasteiger partial charge in [0.05, 0.1) is 0 Å². The van der Waals surface area contributed by atoms with Crippen molar-refractivity contribution < 1.29 is 9.90 Å². The summed E-state index contributed by atoms with van der Waals surface area (Å²) in [5.74, 6) is 2.61. The number of hydrogen-bond donors (Lipinski definition) is 1. The van der Waals surface area contributed by atoms with Gasteiger partial charge in [-0.3, -0.25) is 0 Å². The second-order valence-corrected chi connectivity index (χ2v) is 9.66. The third-order valence-electron chi connectivity index (χ3n) is 7.99. The van der Waals surface area contributed by atoms with Gasteiger partial charge in [0.15, 0.2) is 0 Å². The summed E-state index contributed by atoms with van der Waals surface area (Å²) in [7, 11) is 0. The lowest BCUT2D eigenvalue weighted by Crippen LogP contribution is -2.34. The molecule has 1 heterocycles. The normalized spacial score (nSPS) is 25.3. The molecule has 2 aliphatic carbocycles. The highest BCUT2D eigenvalue weighted by Gasteiger charge is 2.37. The summed E-state index contributed by atoms with van der Waals surface area (Å²) in [4.78, 5) is 13.5. The van der Waals surface area contributed by atoms with Crippen molar-refractivity contribution in [2.24, 2.45) is 17.8 Å². The van der Waals surface area contributed by atoms with E-state index in [2.05, 4.69) is 35.2 Å². The highest BCUT2D eigenvalue weighted by molar-refractivity contribution is 5.56. The lowest BCUT2D eigenvalue weighted by atomic mass is 9.66. The molecule has 3 heteroatoms. The van der Waals surface area contributed by atoms with Crippen LogP contribution < -0.4 is 4.90 Å². The second-order valence-electron chi connectivity index (χ2n) is 9.66. The number of phenolic OH excluding ortho intramolecular Hbond substituents is 1. The number of carbonyl (C=O) groups is 1. The molecule has 158 valence electrons. The van der Waals surface area contributed by atoms with Crippen LogP contribution in [0.5, 0.6) is 5.75 Å². The van der Waals surface area contributed by atoms with E-state index in [4.69, 9.17) is 0 Å². The SMILES string of the molecule is O=CC1CCN(c2ccc([C@@H]3c4ccc(O)cc4CC[C@@H]3C3CCCC3)cc2)CC1. The molecule has 1 saturated heterocycles. The van der Waals surface area contributed by atoms with Crippen LogP contribution in [0.15, 0.2) is 42.5 Å². The first-order valence-electron chi connectivity index (χ1n) is 11.8. The predicted molar refractivity (Wildman–Crippen MR) is 121 cm³/mol.